The average Bonchev–Trinajstić information content (AvgIpc) is 2.68. The van der Waals surface area contributed by atoms with Crippen molar-refractivity contribution in [2.24, 2.45) is 0 Å². The van der Waals surface area contributed by atoms with Crippen molar-refractivity contribution in [1.82, 2.24) is 4.31 Å². The van der Waals surface area contributed by atoms with Crippen LogP contribution in [0.1, 0.15) is 45.1 Å². The number of carbonyl (C=O) groups is 1. The molecule has 2 aromatic carbocycles. The largest absolute Gasteiger partial charge is 0.326 e. The molecule has 5 nitrogen and oxygen atoms in total. The van der Waals surface area contributed by atoms with Crippen LogP contribution >= 0.6 is 0 Å². The summed E-state index contributed by atoms with van der Waals surface area (Å²) in [5.41, 5.74) is 1.58. The lowest BCUT2D eigenvalue weighted by Crippen LogP contribution is -2.30. The quantitative estimate of drug-likeness (QED) is 0.699. The average molecular weight is 389 g/mol. The van der Waals surface area contributed by atoms with Gasteiger partial charge in [-0.2, -0.15) is 4.31 Å². The summed E-state index contributed by atoms with van der Waals surface area (Å²) in [5, 5.41) is 2.91. The first-order valence-electron chi connectivity index (χ1n) is 9.40. The number of anilines is 1. The van der Waals surface area contributed by atoms with E-state index in [1.807, 2.05) is 44.2 Å². The Morgan fingerprint density at radius 3 is 2.07 bits per heavy atom. The van der Waals surface area contributed by atoms with Crippen LogP contribution in [0, 0.1) is 0 Å². The minimum Gasteiger partial charge on any atom is -0.326 e. The van der Waals surface area contributed by atoms with Gasteiger partial charge >= 0.3 is 0 Å². The molecule has 1 N–H and O–H groups in total. The van der Waals surface area contributed by atoms with Crippen molar-refractivity contribution in [2.45, 2.75) is 44.4 Å². The highest BCUT2D eigenvalue weighted by molar-refractivity contribution is 7.89. The maximum Gasteiger partial charge on any atom is 0.243 e. The summed E-state index contributed by atoms with van der Waals surface area (Å²) in [6.45, 7) is 6.52. The molecule has 0 aliphatic heterocycles. The number of nitrogens with one attached hydrogen (secondary N) is 1. The zero-order chi connectivity index (χ0) is 19.9. The number of rotatable bonds is 9. The van der Waals surface area contributed by atoms with Crippen LogP contribution in [0.3, 0.4) is 0 Å². The number of hydrogen-bond acceptors (Lipinski definition) is 3. The van der Waals surface area contributed by atoms with Gasteiger partial charge in [-0.05, 0) is 36.2 Å². The van der Waals surface area contributed by atoms with Gasteiger partial charge in [0.15, 0.2) is 0 Å². The minimum absolute atomic E-state index is 0.0811. The van der Waals surface area contributed by atoms with Crippen LogP contribution in [0.5, 0.6) is 0 Å². The van der Waals surface area contributed by atoms with Gasteiger partial charge in [0.1, 0.15) is 0 Å². The van der Waals surface area contributed by atoms with Crippen LogP contribution < -0.4 is 5.32 Å². The van der Waals surface area contributed by atoms with E-state index in [-0.39, 0.29) is 16.7 Å². The van der Waals surface area contributed by atoms with Crippen molar-refractivity contribution < 1.29 is 13.2 Å². The van der Waals surface area contributed by atoms with E-state index in [1.165, 1.54) is 4.31 Å². The molecule has 0 spiro atoms. The van der Waals surface area contributed by atoms with Crippen LogP contribution in [-0.4, -0.2) is 31.7 Å². The molecule has 0 aromatic heterocycles. The Hall–Kier alpha value is -2.18. The van der Waals surface area contributed by atoms with Gasteiger partial charge in [-0.1, -0.05) is 57.5 Å². The lowest BCUT2D eigenvalue weighted by Gasteiger charge is -2.19. The molecule has 1 amide bonds. The molecule has 0 aliphatic carbocycles. The van der Waals surface area contributed by atoms with Gasteiger partial charge in [0.05, 0.1) is 10.8 Å². The normalized spacial score (nSPS) is 12.7. The molecule has 0 aliphatic rings. The summed E-state index contributed by atoms with van der Waals surface area (Å²) in [4.78, 5) is 13.0. The summed E-state index contributed by atoms with van der Waals surface area (Å²) < 4.78 is 26.5. The van der Waals surface area contributed by atoms with Crippen LogP contribution in [0.2, 0.25) is 0 Å². The predicted molar refractivity (Wildman–Crippen MR) is 109 cm³/mol. The lowest BCUT2D eigenvalue weighted by atomic mass is 9.93. The van der Waals surface area contributed by atoms with E-state index >= 15 is 0 Å². The maximum absolute atomic E-state index is 12.7. The molecule has 1 atom stereocenters. The Morgan fingerprint density at radius 2 is 1.56 bits per heavy atom. The molecule has 0 radical (unpaired) electrons. The van der Waals surface area contributed by atoms with Crippen LogP contribution in [0.25, 0.3) is 0 Å². The van der Waals surface area contributed by atoms with E-state index in [0.29, 0.717) is 18.8 Å². The number of carbonyl (C=O) groups excluding carboxylic acids is 1. The van der Waals surface area contributed by atoms with Gasteiger partial charge in [-0.15, -0.1) is 0 Å². The number of hydrogen-bond donors (Lipinski definition) is 1. The van der Waals surface area contributed by atoms with Gasteiger partial charge in [0.2, 0.25) is 15.9 Å². The second kappa shape index (κ2) is 9.67. The minimum atomic E-state index is -3.49. The van der Waals surface area contributed by atoms with E-state index in [9.17, 15) is 13.2 Å². The number of nitrogens with zero attached hydrogens (tertiary/aromatic N) is 1. The van der Waals surface area contributed by atoms with Gasteiger partial charge in [0.25, 0.3) is 0 Å². The topological polar surface area (TPSA) is 66.5 Å². The Morgan fingerprint density at radius 1 is 0.963 bits per heavy atom. The Labute approximate surface area is 162 Å². The van der Waals surface area contributed by atoms with E-state index in [1.54, 1.807) is 24.3 Å². The molecule has 146 valence electrons. The monoisotopic (exact) mass is 388 g/mol. The van der Waals surface area contributed by atoms with Crippen molar-refractivity contribution >= 4 is 21.6 Å². The lowest BCUT2D eigenvalue weighted by molar-refractivity contribution is -0.117. The second-order valence-corrected chi connectivity index (χ2v) is 8.29. The van der Waals surface area contributed by atoms with Crippen molar-refractivity contribution in [2.75, 3.05) is 18.4 Å². The number of amides is 1. The molecular weight excluding hydrogens is 360 g/mol. The fourth-order valence-corrected chi connectivity index (χ4v) is 4.53. The summed E-state index contributed by atoms with van der Waals surface area (Å²) >= 11 is 0. The number of benzene rings is 2. The molecule has 1 unspecified atom stereocenters. The molecule has 0 bridgehead atoms. The summed E-state index contributed by atoms with van der Waals surface area (Å²) in [7, 11) is -3.49. The highest BCUT2D eigenvalue weighted by atomic mass is 32.2. The van der Waals surface area contributed by atoms with E-state index in [2.05, 4.69) is 12.2 Å². The fraction of sp³-hybridized carbons (Fsp3) is 0.381. The Kier molecular flexibility index (Phi) is 7.56. The molecule has 27 heavy (non-hydrogen) atoms. The van der Waals surface area contributed by atoms with Crippen LogP contribution in [-0.2, 0) is 14.8 Å². The molecule has 0 saturated heterocycles. The van der Waals surface area contributed by atoms with Gasteiger partial charge in [-0.25, -0.2) is 8.42 Å². The first-order valence-corrected chi connectivity index (χ1v) is 10.8. The van der Waals surface area contributed by atoms with E-state index < -0.39 is 10.0 Å². The number of sulfonamides is 1. The highest BCUT2D eigenvalue weighted by Gasteiger charge is 2.22. The van der Waals surface area contributed by atoms with Gasteiger partial charge < -0.3 is 5.32 Å². The first-order chi connectivity index (χ1) is 12.9. The molecular formula is C21H28N2O3S. The smallest absolute Gasteiger partial charge is 0.243 e. The standard InChI is InChI=1S/C21H28N2O3S/c1-4-10-20(17-11-8-7-9-12-17)21(24)22-18-13-15-19(16-14-18)27(25,26)23(5-2)6-3/h7-9,11-16,20H,4-6,10H2,1-3H3,(H,22,24). The fourth-order valence-electron chi connectivity index (χ4n) is 3.08. The zero-order valence-corrected chi connectivity index (χ0v) is 17.0. The van der Waals surface area contributed by atoms with Gasteiger partial charge in [0, 0.05) is 18.8 Å². The SMILES string of the molecule is CCCC(C(=O)Nc1ccc(S(=O)(=O)N(CC)CC)cc1)c1ccccc1. The summed E-state index contributed by atoms with van der Waals surface area (Å²) in [6.07, 6.45) is 1.65. The van der Waals surface area contributed by atoms with E-state index in [0.717, 1.165) is 18.4 Å². The highest BCUT2D eigenvalue weighted by Crippen LogP contribution is 2.24. The molecule has 6 heteroatoms. The van der Waals surface area contributed by atoms with Gasteiger partial charge in [-0.3, -0.25) is 4.79 Å². The first kappa shape index (κ1) is 21.1. The van der Waals surface area contributed by atoms with Crippen molar-refractivity contribution in [3.8, 4) is 0 Å². The molecule has 0 heterocycles. The third kappa shape index (κ3) is 5.17. The van der Waals surface area contributed by atoms with Crippen molar-refractivity contribution in [1.29, 1.82) is 0 Å². The summed E-state index contributed by atoms with van der Waals surface area (Å²) in [5.74, 6) is -0.308. The van der Waals surface area contributed by atoms with Crippen molar-refractivity contribution in [3.05, 3.63) is 60.2 Å². The third-order valence-electron chi connectivity index (χ3n) is 4.56. The molecule has 0 fully saturated rings. The predicted octanol–water partition coefficient (Wildman–Crippen LogP) is 4.24. The Balaban J connectivity index is 2.16. The van der Waals surface area contributed by atoms with Crippen LogP contribution in [0.15, 0.2) is 59.5 Å². The zero-order valence-electron chi connectivity index (χ0n) is 16.2. The summed E-state index contributed by atoms with van der Waals surface area (Å²) in [6, 6.07) is 16.1. The Bertz CT molecular complexity index is 829. The van der Waals surface area contributed by atoms with Crippen molar-refractivity contribution in [3.63, 3.8) is 0 Å². The molecule has 2 aromatic rings. The molecule has 2 rings (SSSR count). The van der Waals surface area contributed by atoms with E-state index in [4.69, 9.17) is 0 Å². The maximum atomic E-state index is 12.7. The third-order valence-corrected chi connectivity index (χ3v) is 6.62. The second-order valence-electron chi connectivity index (χ2n) is 6.35. The molecule has 0 saturated carbocycles. The van der Waals surface area contributed by atoms with Crippen LogP contribution in [0.4, 0.5) is 5.69 Å².